The SMILES string of the molecule is CCCC(NCC(F)(F)CO)c1cccc([N+](=O)[O-])c1. The molecular weight excluding hydrogens is 270 g/mol. The second kappa shape index (κ2) is 7.25. The molecule has 1 aromatic rings. The van der Waals surface area contributed by atoms with Gasteiger partial charge in [-0.2, -0.15) is 0 Å². The Kier molecular flexibility index (Phi) is 5.97. The molecule has 2 N–H and O–H groups in total. The van der Waals surface area contributed by atoms with Crippen LogP contribution in [0.15, 0.2) is 24.3 Å². The molecule has 1 atom stereocenters. The first-order valence-electron chi connectivity index (χ1n) is 6.36. The number of aliphatic hydroxyl groups is 1. The summed E-state index contributed by atoms with van der Waals surface area (Å²) in [5.74, 6) is -3.20. The maximum absolute atomic E-state index is 13.1. The summed E-state index contributed by atoms with van der Waals surface area (Å²) in [7, 11) is 0. The fourth-order valence-corrected chi connectivity index (χ4v) is 1.86. The molecule has 0 spiro atoms. The summed E-state index contributed by atoms with van der Waals surface area (Å²) in [5.41, 5.74) is 0.522. The van der Waals surface area contributed by atoms with Crippen LogP contribution in [0, 0.1) is 10.1 Å². The lowest BCUT2D eigenvalue weighted by molar-refractivity contribution is -0.384. The molecule has 112 valence electrons. The van der Waals surface area contributed by atoms with Crippen LogP contribution < -0.4 is 5.32 Å². The summed E-state index contributed by atoms with van der Waals surface area (Å²) < 4.78 is 26.1. The molecule has 0 heterocycles. The van der Waals surface area contributed by atoms with E-state index in [1.165, 1.54) is 18.2 Å². The predicted octanol–water partition coefficient (Wildman–Crippen LogP) is 2.65. The van der Waals surface area contributed by atoms with Crippen molar-refractivity contribution in [3.63, 3.8) is 0 Å². The van der Waals surface area contributed by atoms with Gasteiger partial charge in [-0.15, -0.1) is 0 Å². The molecule has 1 rings (SSSR count). The van der Waals surface area contributed by atoms with Gasteiger partial charge in [0, 0.05) is 18.2 Å². The van der Waals surface area contributed by atoms with Gasteiger partial charge in [-0.25, -0.2) is 8.78 Å². The van der Waals surface area contributed by atoms with Crippen molar-refractivity contribution in [2.75, 3.05) is 13.2 Å². The van der Waals surface area contributed by atoms with Gasteiger partial charge in [0.15, 0.2) is 0 Å². The molecule has 0 aliphatic heterocycles. The molecular formula is C13H18F2N2O3. The van der Waals surface area contributed by atoms with Crippen molar-refractivity contribution in [2.45, 2.75) is 31.7 Å². The largest absolute Gasteiger partial charge is 0.390 e. The highest BCUT2D eigenvalue weighted by Gasteiger charge is 2.28. The number of nitro benzene ring substituents is 1. The summed E-state index contributed by atoms with van der Waals surface area (Å²) >= 11 is 0. The van der Waals surface area contributed by atoms with Gasteiger partial charge in [-0.05, 0) is 12.0 Å². The van der Waals surface area contributed by atoms with Crippen LogP contribution in [0.4, 0.5) is 14.5 Å². The fourth-order valence-electron chi connectivity index (χ4n) is 1.86. The Morgan fingerprint density at radius 2 is 2.20 bits per heavy atom. The molecule has 0 saturated carbocycles. The number of benzene rings is 1. The maximum Gasteiger partial charge on any atom is 0.282 e. The van der Waals surface area contributed by atoms with Crippen LogP contribution in [0.3, 0.4) is 0 Å². The molecule has 1 aromatic carbocycles. The summed E-state index contributed by atoms with van der Waals surface area (Å²) in [4.78, 5) is 10.2. The van der Waals surface area contributed by atoms with Crippen LogP contribution in [-0.2, 0) is 0 Å². The zero-order valence-corrected chi connectivity index (χ0v) is 11.2. The average molecular weight is 288 g/mol. The third kappa shape index (κ3) is 4.82. The molecule has 0 fully saturated rings. The van der Waals surface area contributed by atoms with E-state index in [0.717, 1.165) is 6.42 Å². The Balaban J connectivity index is 2.85. The normalized spacial score (nSPS) is 13.2. The first-order chi connectivity index (χ1) is 9.39. The predicted molar refractivity (Wildman–Crippen MR) is 70.8 cm³/mol. The first-order valence-corrected chi connectivity index (χ1v) is 6.36. The van der Waals surface area contributed by atoms with E-state index in [2.05, 4.69) is 5.32 Å². The lowest BCUT2D eigenvalue weighted by atomic mass is 10.0. The monoisotopic (exact) mass is 288 g/mol. The summed E-state index contributed by atoms with van der Waals surface area (Å²) in [6.45, 7) is 0.000853. The van der Waals surface area contributed by atoms with Gasteiger partial charge in [-0.1, -0.05) is 25.5 Å². The number of nitrogens with zero attached hydrogens (tertiary/aromatic N) is 1. The Bertz CT molecular complexity index is 455. The van der Waals surface area contributed by atoms with Gasteiger partial charge >= 0.3 is 0 Å². The quantitative estimate of drug-likeness (QED) is 0.569. The molecule has 5 nitrogen and oxygen atoms in total. The zero-order valence-electron chi connectivity index (χ0n) is 11.2. The van der Waals surface area contributed by atoms with Crippen molar-refractivity contribution in [3.8, 4) is 0 Å². The van der Waals surface area contributed by atoms with Crippen LogP contribution in [0.25, 0.3) is 0 Å². The average Bonchev–Trinajstić information content (AvgIpc) is 2.43. The van der Waals surface area contributed by atoms with E-state index in [4.69, 9.17) is 5.11 Å². The number of hydrogen-bond acceptors (Lipinski definition) is 4. The molecule has 0 radical (unpaired) electrons. The molecule has 1 unspecified atom stereocenters. The lowest BCUT2D eigenvalue weighted by Gasteiger charge is -2.22. The zero-order chi connectivity index (χ0) is 15.2. The smallest absolute Gasteiger partial charge is 0.282 e. The molecule has 0 aromatic heterocycles. The van der Waals surface area contributed by atoms with E-state index >= 15 is 0 Å². The Labute approximate surface area is 115 Å². The van der Waals surface area contributed by atoms with E-state index in [1.54, 1.807) is 6.07 Å². The van der Waals surface area contributed by atoms with Crippen molar-refractivity contribution in [3.05, 3.63) is 39.9 Å². The van der Waals surface area contributed by atoms with Gasteiger partial charge in [0.2, 0.25) is 0 Å². The summed E-state index contributed by atoms with van der Waals surface area (Å²) in [5, 5.41) is 21.9. The minimum absolute atomic E-state index is 0.0701. The van der Waals surface area contributed by atoms with Gasteiger partial charge in [0.25, 0.3) is 11.6 Å². The summed E-state index contributed by atoms with van der Waals surface area (Å²) in [6.07, 6.45) is 1.31. The number of halogens is 2. The van der Waals surface area contributed by atoms with E-state index < -0.39 is 30.0 Å². The topological polar surface area (TPSA) is 75.4 Å². The highest BCUT2D eigenvalue weighted by atomic mass is 19.3. The van der Waals surface area contributed by atoms with E-state index in [9.17, 15) is 18.9 Å². The van der Waals surface area contributed by atoms with Gasteiger partial charge in [-0.3, -0.25) is 10.1 Å². The standard InChI is InChI=1S/C13H18F2N2O3/c1-2-4-12(16-8-13(14,15)9-18)10-5-3-6-11(7-10)17(19)20/h3,5-7,12,16,18H,2,4,8-9H2,1H3. The van der Waals surface area contributed by atoms with E-state index in [1.807, 2.05) is 6.92 Å². The van der Waals surface area contributed by atoms with Crippen LogP contribution in [0.1, 0.15) is 31.4 Å². The Hall–Kier alpha value is -1.60. The summed E-state index contributed by atoms with van der Waals surface area (Å²) in [6, 6.07) is 5.52. The molecule has 20 heavy (non-hydrogen) atoms. The minimum Gasteiger partial charge on any atom is -0.390 e. The van der Waals surface area contributed by atoms with Gasteiger partial charge in [0.1, 0.15) is 6.61 Å². The van der Waals surface area contributed by atoms with Crippen molar-refractivity contribution in [1.82, 2.24) is 5.32 Å². The number of aliphatic hydroxyl groups excluding tert-OH is 1. The van der Waals surface area contributed by atoms with Crippen LogP contribution >= 0.6 is 0 Å². The van der Waals surface area contributed by atoms with Crippen molar-refractivity contribution < 1.29 is 18.8 Å². The van der Waals surface area contributed by atoms with Crippen LogP contribution in [0.5, 0.6) is 0 Å². The minimum atomic E-state index is -3.20. The van der Waals surface area contributed by atoms with Crippen molar-refractivity contribution >= 4 is 5.69 Å². The van der Waals surface area contributed by atoms with Crippen molar-refractivity contribution in [2.24, 2.45) is 0 Å². The molecule has 0 aliphatic carbocycles. The fraction of sp³-hybridized carbons (Fsp3) is 0.538. The number of alkyl halides is 2. The highest BCUT2D eigenvalue weighted by Crippen LogP contribution is 2.24. The highest BCUT2D eigenvalue weighted by molar-refractivity contribution is 5.35. The number of hydrogen-bond donors (Lipinski definition) is 2. The molecule has 0 bridgehead atoms. The van der Waals surface area contributed by atoms with Crippen LogP contribution in [0.2, 0.25) is 0 Å². The van der Waals surface area contributed by atoms with Crippen LogP contribution in [-0.4, -0.2) is 29.1 Å². The van der Waals surface area contributed by atoms with Gasteiger partial charge in [0.05, 0.1) is 11.5 Å². The maximum atomic E-state index is 13.1. The molecule has 0 aliphatic rings. The third-order valence-corrected chi connectivity index (χ3v) is 2.90. The van der Waals surface area contributed by atoms with Crippen molar-refractivity contribution in [1.29, 1.82) is 0 Å². The Morgan fingerprint density at radius 3 is 2.75 bits per heavy atom. The van der Waals surface area contributed by atoms with Gasteiger partial charge < -0.3 is 10.4 Å². The van der Waals surface area contributed by atoms with E-state index in [0.29, 0.717) is 12.0 Å². The Morgan fingerprint density at radius 1 is 1.50 bits per heavy atom. The number of rotatable bonds is 8. The number of nitro groups is 1. The molecule has 0 amide bonds. The third-order valence-electron chi connectivity index (χ3n) is 2.90. The second-order valence-electron chi connectivity index (χ2n) is 4.59. The first kappa shape index (κ1) is 16.5. The number of non-ortho nitro benzene ring substituents is 1. The second-order valence-corrected chi connectivity index (χ2v) is 4.59. The number of nitrogens with one attached hydrogen (secondary N) is 1. The molecule has 0 saturated heterocycles. The lowest BCUT2D eigenvalue weighted by Crippen LogP contribution is -2.37. The molecule has 7 heteroatoms. The van der Waals surface area contributed by atoms with E-state index in [-0.39, 0.29) is 5.69 Å².